The molecule has 2 aromatic carbocycles. The summed E-state index contributed by atoms with van der Waals surface area (Å²) in [6.07, 6.45) is 3.80. The molecule has 2 aromatic rings. The quantitative estimate of drug-likeness (QED) is 0.745. The van der Waals surface area contributed by atoms with Crippen molar-refractivity contribution < 1.29 is 18.7 Å². The number of likely N-dealkylation sites (tertiary alicyclic amines) is 2. The lowest BCUT2D eigenvalue weighted by Gasteiger charge is -2.41. The van der Waals surface area contributed by atoms with Crippen molar-refractivity contribution >= 4 is 5.91 Å². The Bertz CT molecular complexity index is 859. The minimum Gasteiger partial charge on any atom is -0.496 e. The van der Waals surface area contributed by atoms with Crippen LogP contribution in [0.15, 0.2) is 48.5 Å². The normalized spacial score (nSPS) is 18.9. The third kappa shape index (κ3) is 4.59. The summed E-state index contributed by atoms with van der Waals surface area (Å²) in [4.78, 5) is 17.3. The number of rotatable bonds is 5. The van der Waals surface area contributed by atoms with Gasteiger partial charge in [0.2, 0.25) is 0 Å². The topological polar surface area (TPSA) is 42.0 Å². The number of methoxy groups -OCH3 is 1. The highest BCUT2D eigenvalue weighted by Gasteiger charge is 2.31. The van der Waals surface area contributed by atoms with Crippen LogP contribution in [0.25, 0.3) is 0 Å². The number of amides is 1. The zero-order valence-electron chi connectivity index (χ0n) is 17.4. The van der Waals surface area contributed by atoms with Crippen LogP contribution in [0.2, 0.25) is 0 Å². The van der Waals surface area contributed by atoms with Crippen molar-refractivity contribution in [2.24, 2.45) is 0 Å². The summed E-state index contributed by atoms with van der Waals surface area (Å²) in [6, 6.07) is 14.5. The van der Waals surface area contributed by atoms with Gasteiger partial charge in [0.25, 0.3) is 5.91 Å². The molecule has 5 nitrogen and oxygen atoms in total. The fourth-order valence-electron chi connectivity index (χ4n) is 4.50. The van der Waals surface area contributed by atoms with Crippen molar-refractivity contribution in [2.75, 3.05) is 33.3 Å². The number of halogens is 1. The van der Waals surface area contributed by atoms with Crippen molar-refractivity contribution in [3.8, 4) is 11.5 Å². The first-order chi connectivity index (χ1) is 14.7. The molecule has 30 heavy (non-hydrogen) atoms. The van der Waals surface area contributed by atoms with E-state index in [0.717, 1.165) is 51.9 Å². The minimum atomic E-state index is -0.299. The van der Waals surface area contributed by atoms with E-state index in [1.807, 2.05) is 29.2 Å². The molecule has 2 fully saturated rings. The van der Waals surface area contributed by atoms with E-state index in [1.165, 1.54) is 6.07 Å². The zero-order valence-corrected chi connectivity index (χ0v) is 17.4. The average Bonchev–Trinajstić information content (AvgIpc) is 2.81. The predicted octanol–water partition coefficient (Wildman–Crippen LogP) is 3.98. The second-order valence-electron chi connectivity index (χ2n) is 8.01. The molecule has 0 saturated carbocycles. The van der Waals surface area contributed by atoms with Crippen molar-refractivity contribution in [2.45, 2.75) is 37.8 Å². The molecule has 2 saturated heterocycles. The Balaban J connectivity index is 1.26. The highest BCUT2D eigenvalue weighted by Crippen LogP contribution is 2.27. The molecular formula is C24H29FN2O3. The molecule has 0 unspecified atom stereocenters. The molecule has 4 rings (SSSR count). The third-order valence-electron chi connectivity index (χ3n) is 6.21. The summed E-state index contributed by atoms with van der Waals surface area (Å²) in [5, 5.41) is 0. The number of hydrogen-bond acceptors (Lipinski definition) is 4. The zero-order chi connectivity index (χ0) is 20.9. The predicted molar refractivity (Wildman–Crippen MR) is 114 cm³/mol. The molecule has 0 aliphatic carbocycles. The summed E-state index contributed by atoms with van der Waals surface area (Å²) in [5.74, 6) is 0.718. The standard InChI is InChI=1S/C24H29FN2O3/c1-29-22-8-4-2-6-20(22)24(28)27-14-10-18(11-15-27)26-16-12-19(13-17-26)30-23-9-5-3-7-21(23)25/h2-9,18-19H,10-17H2,1H3. The van der Waals surface area contributed by atoms with E-state index in [-0.39, 0.29) is 17.8 Å². The summed E-state index contributed by atoms with van der Waals surface area (Å²) < 4.78 is 25.0. The van der Waals surface area contributed by atoms with Gasteiger partial charge >= 0.3 is 0 Å². The van der Waals surface area contributed by atoms with Crippen LogP contribution >= 0.6 is 0 Å². The molecule has 0 atom stereocenters. The molecule has 0 spiro atoms. The van der Waals surface area contributed by atoms with Crippen LogP contribution in [0.3, 0.4) is 0 Å². The van der Waals surface area contributed by atoms with E-state index >= 15 is 0 Å². The van der Waals surface area contributed by atoms with Crippen molar-refractivity contribution in [1.82, 2.24) is 9.80 Å². The molecule has 2 aliphatic rings. The lowest BCUT2D eigenvalue weighted by atomic mass is 9.98. The number of benzene rings is 2. The molecule has 2 heterocycles. The molecular weight excluding hydrogens is 383 g/mol. The first-order valence-corrected chi connectivity index (χ1v) is 10.7. The van der Waals surface area contributed by atoms with Gasteiger partial charge in [-0.15, -0.1) is 0 Å². The lowest BCUT2D eigenvalue weighted by Crippen LogP contribution is -2.50. The van der Waals surface area contributed by atoms with Gasteiger partial charge in [-0.25, -0.2) is 4.39 Å². The molecule has 1 amide bonds. The first kappa shape index (κ1) is 20.7. The van der Waals surface area contributed by atoms with Gasteiger partial charge in [-0.05, 0) is 49.9 Å². The van der Waals surface area contributed by atoms with Crippen molar-refractivity contribution in [3.05, 3.63) is 59.9 Å². The number of carbonyl (C=O) groups excluding carboxylic acids is 1. The van der Waals surface area contributed by atoms with E-state index in [2.05, 4.69) is 4.90 Å². The molecule has 0 bridgehead atoms. The lowest BCUT2D eigenvalue weighted by molar-refractivity contribution is 0.0415. The van der Waals surface area contributed by atoms with E-state index in [9.17, 15) is 9.18 Å². The van der Waals surface area contributed by atoms with Crippen LogP contribution < -0.4 is 9.47 Å². The van der Waals surface area contributed by atoms with Gasteiger partial charge in [0, 0.05) is 32.2 Å². The third-order valence-corrected chi connectivity index (χ3v) is 6.21. The number of carbonyl (C=O) groups is 1. The van der Waals surface area contributed by atoms with Gasteiger partial charge in [-0.2, -0.15) is 0 Å². The number of para-hydroxylation sites is 2. The minimum absolute atomic E-state index is 0.0443. The highest BCUT2D eigenvalue weighted by molar-refractivity contribution is 5.97. The molecule has 2 aliphatic heterocycles. The Morgan fingerprint density at radius 2 is 1.53 bits per heavy atom. The maximum absolute atomic E-state index is 13.8. The van der Waals surface area contributed by atoms with Crippen LogP contribution in [0, 0.1) is 5.82 Å². The van der Waals surface area contributed by atoms with E-state index in [1.54, 1.807) is 25.3 Å². The molecule has 0 aromatic heterocycles. The second-order valence-corrected chi connectivity index (χ2v) is 8.01. The Morgan fingerprint density at radius 1 is 0.900 bits per heavy atom. The Labute approximate surface area is 177 Å². The number of nitrogens with zero attached hydrogens (tertiary/aromatic N) is 2. The van der Waals surface area contributed by atoms with Gasteiger partial charge < -0.3 is 14.4 Å². The van der Waals surface area contributed by atoms with Crippen LogP contribution in [0.1, 0.15) is 36.0 Å². The van der Waals surface area contributed by atoms with E-state index < -0.39 is 0 Å². The van der Waals surface area contributed by atoms with E-state index in [0.29, 0.717) is 23.1 Å². The van der Waals surface area contributed by atoms with E-state index in [4.69, 9.17) is 9.47 Å². The Morgan fingerprint density at radius 3 is 2.20 bits per heavy atom. The highest BCUT2D eigenvalue weighted by atomic mass is 19.1. The molecule has 0 radical (unpaired) electrons. The monoisotopic (exact) mass is 412 g/mol. The smallest absolute Gasteiger partial charge is 0.257 e. The number of ether oxygens (including phenoxy) is 2. The van der Waals surface area contributed by atoms with Crippen molar-refractivity contribution in [1.29, 1.82) is 0 Å². The largest absolute Gasteiger partial charge is 0.496 e. The van der Waals surface area contributed by atoms with Gasteiger partial charge in [0.15, 0.2) is 11.6 Å². The number of hydrogen-bond donors (Lipinski definition) is 0. The Kier molecular flexibility index (Phi) is 6.53. The first-order valence-electron chi connectivity index (χ1n) is 10.7. The Hall–Kier alpha value is -2.60. The van der Waals surface area contributed by atoms with Gasteiger partial charge in [-0.3, -0.25) is 9.69 Å². The number of piperidine rings is 2. The molecule has 160 valence electrons. The summed E-state index contributed by atoms with van der Waals surface area (Å²) in [6.45, 7) is 3.41. The van der Waals surface area contributed by atoms with Gasteiger partial charge in [-0.1, -0.05) is 24.3 Å². The van der Waals surface area contributed by atoms with Gasteiger partial charge in [0.1, 0.15) is 11.9 Å². The fourth-order valence-corrected chi connectivity index (χ4v) is 4.50. The summed E-state index contributed by atoms with van der Waals surface area (Å²) in [5.41, 5.74) is 0.629. The molecule has 0 N–H and O–H groups in total. The van der Waals surface area contributed by atoms with Crippen LogP contribution in [-0.2, 0) is 0 Å². The SMILES string of the molecule is COc1ccccc1C(=O)N1CCC(N2CCC(Oc3ccccc3F)CC2)CC1. The van der Waals surface area contributed by atoms with Crippen molar-refractivity contribution in [3.63, 3.8) is 0 Å². The van der Waals surface area contributed by atoms with Crippen LogP contribution in [0.4, 0.5) is 4.39 Å². The van der Waals surface area contributed by atoms with Crippen LogP contribution in [-0.4, -0.2) is 61.1 Å². The maximum Gasteiger partial charge on any atom is 0.257 e. The summed E-state index contributed by atoms with van der Waals surface area (Å²) in [7, 11) is 1.60. The second kappa shape index (κ2) is 9.47. The fraction of sp³-hybridized carbons (Fsp3) is 0.458. The summed E-state index contributed by atoms with van der Waals surface area (Å²) >= 11 is 0. The molecule has 6 heteroatoms. The maximum atomic E-state index is 13.8. The van der Waals surface area contributed by atoms with Crippen LogP contribution in [0.5, 0.6) is 11.5 Å². The van der Waals surface area contributed by atoms with Gasteiger partial charge in [0.05, 0.1) is 12.7 Å². The average molecular weight is 413 g/mol.